The zero-order valence-corrected chi connectivity index (χ0v) is 22.6. The Hall–Kier alpha value is -1.54. The Balaban J connectivity index is 1.77. The van der Waals surface area contributed by atoms with E-state index in [1.807, 2.05) is 12.1 Å². The lowest BCUT2D eigenvalue weighted by Crippen LogP contribution is -2.51. The van der Waals surface area contributed by atoms with Crippen LogP contribution in [0.1, 0.15) is 51.5 Å². The average molecular weight is 527 g/mol. The number of ether oxygens (including phenoxy) is 1. The molecule has 1 fully saturated rings. The second kappa shape index (κ2) is 14.4. The molecule has 1 saturated heterocycles. The van der Waals surface area contributed by atoms with Crippen LogP contribution in [0.3, 0.4) is 0 Å². The van der Waals surface area contributed by atoms with Crippen LogP contribution in [0.15, 0.2) is 29.2 Å². The number of sulfone groups is 1. The van der Waals surface area contributed by atoms with E-state index >= 15 is 0 Å². The normalized spacial score (nSPS) is 17.2. The summed E-state index contributed by atoms with van der Waals surface area (Å²) in [6.07, 6.45) is 3.85. The van der Waals surface area contributed by atoms with Crippen molar-refractivity contribution in [2.75, 3.05) is 45.6 Å². The minimum absolute atomic E-state index is 0.180. The smallest absolute Gasteiger partial charge is 0.462 e. The molecule has 4 N–H and O–H groups in total. The van der Waals surface area contributed by atoms with Gasteiger partial charge in [0.05, 0.1) is 11.0 Å². The SMILES string of the molecule is CC(C)OC(=O)C(N)(CCCCOB(O)O)CCCN1CCN(Cc2ccc(S(C)(=O)=O)cc2)CC1. The van der Waals surface area contributed by atoms with Gasteiger partial charge in [0.15, 0.2) is 9.84 Å². The number of unbranched alkanes of at least 4 members (excludes halogenated alkanes) is 1. The highest BCUT2D eigenvalue weighted by Gasteiger charge is 2.35. The number of esters is 1. The third-order valence-electron chi connectivity index (χ3n) is 6.35. The van der Waals surface area contributed by atoms with Crippen molar-refractivity contribution in [1.82, 2.24) is 9.80 Å². The Bertz CT molecular complexity index is 907. The van der Waals surface area contributed by atoms with E-state index in [0.717, 1.165) is 51.3 Å². The number of nitrogens with zero attached hydrogens (tertiary/aromatic N) is 2. The molecule has 1 aliphatic heterocycles. The molecule has 0 bridgehead atoms. The topological polar surface area (TPSA) is 143 Å². The van der Waals surface area contributed by atoms with Crippen LogP contribution in [0.4, 0.5) is 0 Å². The molecule has 2 rings (SSSR count). The van der Waals surface area contributed by atoms with E-state index in [2.05, 4.69) is 9.80 Å². The molecule has 1 aromatic carbocycles. The highest BCUT2D eigenvalue weighted by atomic mass is 32.2. The number of rotatable bonds is 15. The summed E-state index contributed by atoms with van der Waals surface area (Å²) in [7, 11) is -4.98. The lowest BCUT2D eigenvalue weighted by molar-refractivity contribution is -0.154. The van der Waals surface area contributed by atoms with Gasteiger partial charge in [0, 0.05) is 45.6 Å². The second-order valence-corrected chi connectivity index (χ2v) is 11.9. The van der Waals surface area contributed by atoms with Gasteiger partial charge in [-0.3, -0.25) is 9.69 Å². The molecule has 1 heterocycles. The maximum absolute atomic E-state index is 12.7. The standard InChI is InChI=1S/C24H42BN3O7S/c1-20(2)35-23(29)24(26,11-4-5-18-34-25(30)31)12-6-13-27-14-16-28(17-15-27)19-21-7-9-22(10-8-21)36(3,32)33/h7-10,20,30-31H,4-6,11-19,26H2,1-3H3. The van der Waals surface area contributed by atoms with Crippen LogP contribution in [-0.4, -0.2) is 98.8 Å². The summed E-state index contributed by atoms with van der Waals surface area (Å²) in [4.78, 5) is 17.8. The monoisotopic (exact) mass is 527 g/mol. The minimum atomic E-state index is -3.18. The van der Waals surface area contributed by atoms with E-state index in [9.17, 15) is 13.2 Å². The highest BCUT2D eigenvalue weighted by molar-refractivity contribution is 7.90. The van der Waals surface area contributed by atoms with Gasteiger partial charge in [0.1, 0.15) is 5.54 Å². The fraction of sp³-hybridized carbons (Fsp3) is 0.708. The molecular weight excluding hydrogens is 485 g/mol. The number of carbonyl (C=O) groups excluding carboxylic acids is 1. The van der Waals surface area contributed by atoms with Gasteiger partial charge in [0.25, 0.3) is 0 Å². The Labute approximate surface area is 215 Å². The van der Waals surface area contributed by atoms with Crippen molar-refractivity contribution in [3.63, 3.8) is 0 Å². The van der Waals surface area contributed by atoms with Crippen molar-refractivity contribution in [1.29, 1.82) is 0 Å². The number of nitrogens with two attached hydrogens (primary N) is 1. The van der Waals surface area contributed by atoms with E-state index < -0.39 is 28.7 Å². The molecule has 1 unspecified atom stereocenters. The zero-order valence-electron chi connectivity index (χ0n) is 21.8. The predicted molar refractivity (Wildman–Crippen MR) is 139 cm³/mol. The van der Waals surface area contributed by atoms with Gasteiger partial charge in [-0.1, -0.05) is 12.1 Å². The van der Waals surface area contributed by atoms with Crippen LogP contribution in [-0.2, 0) is 30.6 Å². The summed E-state index contributed by atoms with van der Waals surface area (Å²) in [6.45, 7) is 9.04. The molecule has 1 aromatic rings. The Morgan fingerprint density at radius 1 is 1.06 bits per heavy atom. The molecule has 204 valence electrons. The predicted octanol–water partition coefficient (Wildman–Crippen LogP) is 0.793. The Morgan fingerprint density at radius 3 is 2.19 bits per heavy atom. The van der Waals surface area contributed by atoms with E-state index in [-0.39, 0.29) is 12.7 Å². The van der Waals surface area contributed by atoms with Crippen LogP contribution < -0.4 is 5.73 Å². The van der Waals surface area contributed by atoms with Crippen molar-refractivity contribution < 1.29 is 32.7 Å². The van der Waals surface area contributed by atoms with Crippen LogP contribution in [0.5, 0.6) is 0 Å². The lowest BCUT2D eigenvalue weighted by atomic mass is 9.88. The number of hydrogen-bond acceptors (Lipinski definition) is 10. The molecule has 0 aliphatic carbocycles. The molecule has 1 atom stereocenters. The van der Waals surface area contributed by atoms with E-state index in [1.165, 1.54) is 6.26 Å². The molecule has 0 aromatic heterocycles. The van der Waals surface area contributed by atoms with E-state index in [4.69, 9.17) is 25.2 Å². The van der Waals surface area contributed by atoms with Gasteiger partial charge in [-0.15, -0.1) is 0 Å². The maximum atomic E-state index is 12.7. The fourth-order valence-electron chi connectivity index (χ4n) is 4.28. The summed E-state index contributed by atoms with van der Waals surface area (Å²) < 4.78 is 33.4. The number of hydrogen-bond donors (Lipinski definition) is 3. The van der Waals surface area contributed by atoms with Crippen molar-refractivity contribution in [3.8, 4) is 0 Å². The van der Waals surface area contributed by atoms with Crippen molar-refractivity contribution in [3.05, 3.63) is 29.8 Å². The largest absolute Gasteiger partial charge is 0.633 e. The number of carbonyl (C=O) groups is 1. The van der Waals surface area contributed by atoms with Crippen LogP contribution in [0.2, 0.25) is 0 Å². The third-order valence-corrected chi connectivity index (χ3v) is 7.48. The zero-order chi connectivity index (χ0) is 26.8. The number of piperazine rings is 1. The Morgan fingerprint density at radius 2 is 1.64 bits per heavy atom. The summed E-state index contributed by atoms with van der Waals surface area (Å²) in [5.41, 5.74) is 6.52. The molecule has 0 amide bonds. The van der Waals surface area contributed by atoms with Crippen LogP contribution in [0.25, 0.3) is 0 Å². The quantitative estimate of drug-likeness (QED) is 0.170. The number of benzene rings is 1. The summed E-state index contributed by atoms with van der Waals surface area (Å²) in [5, 5.41) is 17.5. The van der Waals surface area contributed by atoms with Crippen molar-refractivity contribution in [2.24, 2.45) is 5.73 Å². The third kappa shape index (κ3) is 10.8. The molecule has 1 aliphatic rings. The average Bonchev–Trinajstić information content (AvgIpc) is 2.79. The first kappa shape index (κ1) is 30.7. The first-order chi connectivity index (χ1) is 16.9. The van der Waals surface area contributed by atoms with Gasteiger partial charge in [-0.05, 0) is 70.2 Å². The van der Waals surface area contributed by atoms with Gasteiger partial charge < -0.3 is 30.1 Å². The van der Waals surface area contributed by atoms with Crippen molar-refractivity contribution >= 4 is 23.1 Å². The van der Waals surface area contributed by atoms with Crippen LogP contribution >= 0.6 is 0 Å². The van der Waals surface area contributed by atoms with Crippen LogP contribution in [0, 0.1) is 0 Å². The molecule has 0 saturated carbocycles. The molecular formula is C24H42BN3O7S. The summed E-state index contributed by atoms with van der Waals surface area (Å²) in [6, 6.07) is 7.07. The molecule has 36 heavy (non-hydrogen) atoms. The van der Waals surface area contributed by atoms with Gasteiger partial charge in [-0.2, -0.15) is 0 Å². The molecule has 10 nitrogen and oxygen atoms in total. The molecule has 0 spiro atoms. The fourth-order valence-corrected chi connectivity index (χ4v) is 4.91. The maximum Gasteiger partial charge on any atom is 0.633 e. The van der Waals surface area contributed by atoms with Crippen molar-refractivity contribution in [2.45, 2.75) is 69.0 Å². The van der Waals surface area contributed by atoms with E-state index in [1.54, 1.807) is 26.0 Å². The van der Waals surface area contributed by atoms with Gasteiger partial charge >= 0.3 is 13.3 Å². The molecule has 12 heteroatoms. The summed E-state index contributed by atoms with van der Waals surface area (Å²) >= 11 is 0. The first-order valence-electron chi connectivity index (χ1n) is 12.6. The van der Waals surface area contributed by atoms with Gasteiger partial charge in [-0.25, -0.2) is 8.42 Å². The summed E-state index contributed by atoms with van der Waals surface area (Å²) in [5.74, 6) is -0.396. The Kier molecular flexibility index (Phi) is 12.3. The highest BCUT2D eigenvalue weighted by Crippen LogP contribution is 2.22. The van der Waals surface area contributed by atoms with E-state index in [0.29, 0.717) is 30.6 Å². The first-order valence-corrected chi connectivity index (χ1v) is 14.5. The second-order valence-electron chi connectivity index (χ2n) is 9.90. The lowest BCUT2D eigenvalue weighted by Gasteiger charge is -2.35. The van der Waals surface area contributed by atoms with Gasteiger partial charge in [0.2, 0.25) is 0 Å². The minimum Gasteiger partial charge on any atom is -0.462 e. The molecule has 0 radical (unpaired) electrons.